The van der Waals surface area contributed by atoms with Gasteiger partial charge in [-0.05, 0) is 31.4 Å². The summed E-state index contributed by atoms with van der Waals surface area (Å²) in [6.45, 7) is 3.35. The van der Waals surface area contributed by atoms with Crippen molar-refractivity contribution < 1.29 is 14.3 Å². The molecular formula is C22H24N4O3S. The molecule has 1 aliphatic heterocycles. The number of nitrogens with one attached hydrogen (secondary N) is 1. The van der Waals surface area contributed by atoms with Gasteiger partial charge in [0.15, 0.2) is 0 Å². The molecule has 1 unspecified atom stereocenters. The number of ether oxygens (including phenoxy) is 1. The van der Waals surface area contributed by atoms with Crippen molar-refractivity contribution >= 4 is 39.2 Å². The number of benzene rings is 1. The SMILES string of the molecule is CCOC(=O)C1CCCN(C(=O)CNc2ncnc3sc(-c4ccccc4)cc23)C1. The first-order valence-electron chi connectivity index (χ1n) is 10.1. The number of likely N-dealkylation sites (tertiary alicyclic amines) is 1. The quantitative estimate of drug-likeness (QED) is 0.609. The number of fused-ring (bicyclic) bond motifs is 1. The van der Waals surface area contributed by atoms with Crippen LogP contribution >= 0.6 is 11.3 Å². The van der Waals surface area contributed by atoms with Gasteiger partial charge in [0.1, 0.15) is 17.0 Å². The van der Waals surface area contributed by atoms with Crippen LogP contribution in [-0.4, -0.2) is 53.0 Å². The molecule has 0 saturated carbocycles. The number of carbonyl (C=O) groups is 2. The molecule has 1 saturated heterocycles. The van der Waals surface area contributed by atoms with Gasteiger partial charge in [0.25, 0.3) is 0 Å². The van der Waals surface area contributed by atoms with Crippen molar-refractivity contribution in [2.45, 2.75) is 19.8 Å². The molecule has 1 N–H and O–H groups in total. The number of carbonyl (C=O) groups excluding carboxylic acids is 2. The second-order valence-corrected chi connectivity index (χ2v) is 8.23. The van der Waals surface area contributed by atoms with Crippen LogP contribution in [0, 0.1) is 5.92 Å². The summed E-state index contributed by atoms with van der Waals surface area (Å²) >= 11 is 1.60. The third kappa shape index (κ3) is 4.43. The Hall–Kier alpha value is -3.00. The Morgan fingerprint density at radius 2 is 2.10 bits per heavy atom. The highest BCUT2D eigenvalue weighted by molar-refractivity contribution is 7.21. The lowest BCUT2D eigenvalue weighted by Gasteiger charge is -2.31. The van der Waals surface area contributed by atoms with Crippen LogP contribution in [-0.2, 0) is 14.3 Å². The van der Waals surface area contributed by atoms with Crippen LogP contribution in [0.25, 0.3) is 20.7 Å². The van der Waals surface area contributed by atoms with Crippen molar-refractivity contribution in [2.75, 3.05) is 31.6 Å². The fourth-order valence-corrected chi connectivity index (χ4v) is 4.67. The molecule has 156 valence electrons. The van der Waals surface area contributed by atoms with Crippen molar-refractivity contribution in [2.24, 2.45) is 5.92 Å². The topological polar surface area (TPSA) is 84.4 Å². The highest BCUT2D eigenvalue weighted by Gasteiger charge is 2.29. The van der Waals surface area contributed by atoms with E-state index in [9.17, 15) is 9.59 Å². The Kier molecular flexibility index (Phi) is 6.23. The summed E-state index contributed by atoms with van der Waals surface area (Å²) in [6, 6.07) is 12.2. The lowest BCUT2D eigenvalue weighted by molar-refractivity contribution is -0.151. The predicted molar refractivity (Wildman–Crippen MR) is 117 cm³/mol. The molecular weight excluding hydrogens is 400 g/mol. The molecule has 3 aromatic rings. The third-order valence-electron chi connectivity index (χ3n) is 5.19. The normalized spacial score (nSPS) is 16.4. The minimum Gasteiger partial charge on any atom is -0.466 e. The van der Waals surface area contributed by atoms with Gasteiger partial charge in [-0.3, -0.25) is 9.59 Å². The number of aromatic nitrogens is 2. The van der Waals surface area contributed by atoms with E-state index in [1.807, 2.05) is 18.2 Å². The Morgan fingerprint density at radius 3 is 2.90 bits per heavy atom. The van der Waals surface area contributed by atoms with Crippen molar-refractivity contribution in [1.82, 2.24) is 14.9 Å². The summed E-state index contributed by atoms with van der Waals surface area (Å²) in [6.07, 6.45) is 3.08. The summed E-state index contributed by atoms with van der Waals surface area (Å²) in [7, 11) is 0. The molecule has 0 bridgehead atoms. The lowest BCUT2D eigenvalue weighted by atomic mass is 9.98. The Morgan fingerprint density at radius 1 is 1.27 bits per heavy atom. The average Bonchev–Trinajstić information content (AvgIpc) is 3.23. The number of piperidine rings is 1. The van der Waals surface area contributed by atoms with E-state index >= 15 is 0 Å². The van der Waals surface area contributed by atoms with Gasteiger partial charge in [0.2, 0.25) is 5.91 Å². The number of rotatable bonds is 6. The second kappa shape index (κ2) is 9.21. The first-order chi connectivity index (χ1) is 14.7. The van der Waals surface area contributed by atoms with Gasteiger partial charge in [-0.2, -0.15) is 0 Å². The molecule has 4 rings (SSSR count). The van der Waals surface area contributed by atoms with Crippen LogP contribution < -0.4 is 5.32 Å². The van der Waals surface area contributed by atoms with E-state index in [0.717, 1.165) is 33.5 Å². The number of amides is 1. The van der Waals surface area contributed by atoms with Crippen LogP contribution in [0.2, 0.25) is 0 Å². The zero-order valence-corrected chi connectivity index (χ0v) is 17.7. The van der Waals surface area contributed by atoms with Gasteiger partial charge in [-0.15, -0.1) is 11.3 Å². The molecule has 1 atom stereocenters. The minimum atomic E-state index is -0.237. The van der Waals surface area contributed by atoms with Crippen molar-refractivity contribution in [3.05, 3.63) is 42.7 Å². The molecule has 1 aliphatic rings. The van der Waals surface area contributed by atoms with E-state index in [1.165, 1.54) is 6.33 Å². The third-order valence-corrected chi connectivity index (χ3v) is 6.28. The highest BCUT2D eigenvalue weighted by Crippen LogP contribution is 2.34. The molecule has 1 aromatic carbocycles. The number of thiophene rings is 1. The van der Waals surface area contributed by atoms with Crippen LogP contribution in [0.1, 0.15) is 19.8 Å². The van der Waals surface area contributed by atoms with E-state index in [-0.39, 0.29) is 24.3 Å². The molecule has 30 heavy (non-hydrogen) atoms. The number of esters is 1. The van der Waals surface area contributed by atoms with E-state index in [4.69, 9.17) is 4.74 Å². The molecule has 0 spiro atoms. The first kappa shape index (κ1) is 20.3. The first-order valence-corrected chi connectivity index (χ1v) is 11.0. The zero-order chi connectivity index (χ0) is 20.9. The molecule has 8 heteroatoms. The highest BCUT2D eigenvalue weighted by atomic mass is 32.1. The molecule has 0 radical (unpaired) electrons. The molecule has 7 nitrogen and oxygen atoms in total. The fourth-order valence-electron chi connectivity index (χ4n) is 3.67. The summed E-state index contributed by atoms with van der Waals surface area (Å²) in [5.74, 6) is 0.144. The largest absolute Gasteiger partial charge is 0.466 e. The van der Waals surface area contributed by atoms with Crippen molar-refractivity contribution in [3.63, 3.8) is 0 Å². The van der Waals surface area contributed by atoms with E-state index in [1.54, 1.807) is 23.2 Å². The minimum absolute atomic E-state index is 0.0470. The van der Waals surface area contributed by atoms with Crippen LogP contribution in [0.5, 0.6) is 0 Å². The number of hydrogen-bond acceptors (Lipinski definition) is 7. The van der Waals surface area contributed by atoms with Gasteiger partial charge in [-0.1, -0.05) is 30.3 Å². The summed E-state index contributed by atoms with van der Waals surface area (Å²) in [5.41, 5.74) is 1.13. The molecule has 1 fully saturated rings. The molecule has 1 amide bonds. The van der Waals surface area contributed by atoms with Crippen LogP contribution in [0.3, 0.4) is 0 Å². The molecule has 0 aliphatic carbocycles. The summed E-state index contributed by atoms with van der Waals surface area (Å²) in [4.78, 5) is 37.2. The van der Waals surface area contributed by atoms with Gasteiger partial charge in [0, 0.05) is 18.0 Å². The molecule has 3 heterocycles. The van der Waals surface area contributed by atoms with Gasteiger partial charge >= 0.3 is 5.97 Å². The Bertz CT molecular complexity index is 1040. The average molecular weight is 425 g/mol. The van der Waals surface area contributed by atoms with Gasteiger partial charge in [0.05, 0.1) is 24.5 Å². The second-order valence-electron chi connectivity index (χ2n) is 7.20. The lowest BCUT2D eigenvalue weighted by Crippen LogP contribution is -2.45. The van der Waals surface area contributed by atoms with Gasteiger partial charge < -0.3 is 15.0 Å². The standard InChI is InChI=1S/C22H24N4O3S/c1-2-29-22(28)16-9-6-10-26(13-16)19(27)12-23-20-17-11-18(15-7-4-3-5-8-15)30-21(17)25-14-24-20/h3-5,7-8,11,14,16H,2,6,9-10,12-13H2,1H3,(H,23,24,25). The maximum atomic E-state index is 12.7. The smallest absolute Gasteiger partial charge is 0.310 e. The fraction of sp³-hybridized carbons (Fsp3) is 0.364. The Balaban J connectivity index is 1.44. The van der Waals surface area contributed by atoms with E-state index < -0.39 is 0 Å². The van der Waals surface area contributed by atoms with Gasteiger partial charge in [-0.25, -0.2) is 9.97 Å². The van der Waals surface area contributed by atoms with Crippen LogP contribution in [0.4, 0.5) is 5.82 Å². The summed E-state index contributed by atoms with van der Waals surface area (Å²) in [5, 5.41) is 4.07. The van der Waals surface area contributed by atoms with E-state index in [2.05, 4.69) is 33.5 Å². The van der Waals surface area contributed by atoms with E-state index in [0.29, 0.717) is 25.5 Å². The number of anilines is 1. The van der Waals surface area contributed by atoms with Crippen LogP contribution in [0.15, 0.2) is 42.7 Å². The maximum Gasteiger partial charge on any atom is 0.310 e. The van der Waals surface area contributed by atoms with Crippen molar-refractivity contribution in [3.8, 4) is 10.4 Å². The zero-order valence-electron chi connectivity index (χ0n) is 16.8. The maximum absolute atomic E-state index is 12.7. The Labute approximate surface area is 179 Å². The summed E-state index contributed by atoms with van der Waals surface area (Å²) < 4.78 is 5.12. The number of hydrogen-bond donors (Lipinski definition) is 1. The van der Waals surface area contributed by atoms with Crippen molar-refractivity contribution in [1.29, 1.82) is 0 Å². The number of nitrogens with zero attached hydrogens (tertiary/aromatic N) is 3. The monoisotopic (exact) mass is 424 g/mol. The predicted octanol–water partition coefficient (Wildman–Crippen LogP) is 3.57. The molecule has 2 aromatic heterocycles.